The predicted octanol–water partition coefficient (Wildman–Crippen LogP) is 3.35. The number of nitrogens with one attached hydrogen (secondary N) is 2. The van der Waals surface area contributed by atoms with Gasteiger partial charge >= 0.3 is 6.61 Å². The second-order valence-corrected chi connectivity index (χ2v) is 5.88. The monoisotopic (exact) mass is 347 g/mol. The number of nitrogens with zero attached hydrogens (tertiary/aromatic N) is 1. The Balaban J connectivity index is 1.70. The van der Waals surface area contributed by atoms with E-state index in [0.717, 1.165) is 29.2 Å². The molecule has 0 aliphatic carbocycles. The Kier molecular flexibility index (Phi) is 4.74. The van der Waals surface area contributed by atoms with Gasteiger partial charge in [0.1, 0.15) is 5.75 Å². The van der Waals surface area contributed by atoms with Gasteiger partial charge in [-0.05, 0) is 48.4 Å². The second kappa shape index (κ2) is 6.96. The van der Waals surface area contributed by atoms with Crippen molar-refractivity contribution in [2.24, 2.45) is 0 Å². The van der Waals surface area contributed by atoms with Gasteiger partial charge in [0.2, 0.25) is 0 Å². The summed E-state index contributed by atoms with van der Waals surface area (Å²) in [5.74, 6) is -0.245. The molecule has 0 spiro atoms. The Hall–Kier alpha value is -2.83. The number of anilines is 2. The summed E-state index contributed by atoms with van der Waals surface area (Å²) in [4.78, 5) is 14.4. The lowest BCUT2D eigenvalue weighted by molar-refractivity contribution is -0.0498. The van der Waals surface area contributed by atoms with Crippen LogP contribution in [0.3, 0.4) is 0 Å². The van der Waals surface area contributed by atoms with E-state index < -0.39 is 6.61 Å². The highest BCUT2D eigenvalue weighted by Gasteiger charge is 2.20. The topological polar surface area (TPSA) is 53.6 Å². The molecule has 0 radical (unpaired) electrons. The number of fused-ring (bicyclic) bond motifs is 1. The second-order valence-electron chi connectivity index (χ2n) is 5.88. The summed E-state index contributed by atoms with van der Waals surface area (Å²) in [6.45, 7) is 0.235. The van der Waals surface area contributed by atoms with Crippen LogP contribution in [0.2, 0.25) is 0 Å². The average Bonchev–Trinajstić information content (AvgIpc) is 2.95. The number of halogens is 2. The summed E-state index contributed by atoms with van der Waals surface area (Å²) in [6, 6.07) is 9.67. The third-order valence-corrected chi connectivity index (χ3v) is 4.17. The van der Waals surface area contributed by atoms with E-state index in [9.17, 15) is 13.6 Å². The third-order valence-electron chi connectivity index (χ3n) is 4.17. The van der Waals surface area contributed by atoms with Crippen LogP contribution in [0.1, 0.15) is 21.5 Å². The molecule has 0 atom stereocenters. The minimum absolute atomic E-state index is 0.0240. The van der Waals surface area contributed by atoms with Crippen LogP contribution in [0, 0.1) is 6.92 Å². The van der Waals surface area contributed by atoms with Crippen LogP contribution in [0.25, 0.3) is 0 Å². The largest absolute Gasteiger partial charge is 0.435 e. The van der Waals surface area contributed by atoms with Crippen LogP contribution >= 0.6 is 0 Å². The van der Waals surface area contributed by atoms with Gasteiger partial charge < -0.3 is 20.3 Å². The van der Waals surface area contributed by atoms with E-state index in [0.29, 0.717) is 12.1 Å². The molecule has 25 heavy (non-hydrogen) atoms. The van der Waals surface area contributed by atoms with Crippen molar-refractivity contribution in [2.75, 3.05) is 23.9 Å². The molecule has 1 heterocycles. The summed E-state index contributed by atoms with van der Waals surface area (Å²) < 4.78 is 28.6. The summed E-state index contributed by atoms with van der Waals surface area (Å²) in [6.07, 6.45) is 0. The molecule has 5 nitrogen and oxygen atoms in total. The molecule has 1 amide bonds. The minimum Gasteiger partial charge on any atom is -0.435 e. The molecule has 0 aromatic heterocycles. The van der Waals surface area contributed by atoms with Crippen molar-refractivity contribution in [2.45, 2.75) is 20.1 Å². The van der Waals surface area contributed by atoms with Crippen molar-refractivity contribution in [3.8, 4) is 5.75 Å². The molecule has 0 saturated carbocycles. The van der Waals surface area contributed by atoms with Gasteiger partial charge in [0, 0.05) is 19.2 Å². The lowest BCUT2D eigenvalue weighted by Gasteiger charge is -2.18. The highest BCUT2D eigenvalue weighted by Crippen LogP contribution is 2.35. The number of benzene rings is 2. The van der Waals surface area contributed by atoms with Crippen LogP contribution in [-0.2, 0) is 6.54 Å². The standard InChI is InChI=1S/C18H19F2N3O2/c1-11-3-8-15-16(23(2)10-22-15)14(11)9-21-17(24)12-4-6-13(7-5-12)25-18(19)20/h3-8,18,22H,9-10H2,1-2H3,(H,21,24). The molecule has 7 heteroatoms. The molecule has 2 aromatic carbocycles. The number of ether oxygens (including phenoxy) is 1. The van der Waals surface area contributed by atoms with Crippen molar-refractivity contribution in [3.05, 3.63) is 53.1 Å². The van der Waals surface area contributed by atoms with Crippen LogP contribution < -0.4 is 20.3 Å². The molecule has 0 fully saturated rings. The van der Waals surface area contributed by atoms with Crippen molar-refractivity contribution in [3.63, 3.8) is 0 Å². The lowest BCUT2D eigenvalue weighted by Crippen LogP contribution is -2.25. The average molecular weight is 347 g/mol. The zero-order valence-corrected chi connectivity index (χ0v) is 14.0. The van der Waals surface area contributed by atoms with Crippen LogP contribution in [0.4, 0.5) is 20.2 Å². The summed E-state index contributed by atoms with van der Waals surface area (Å²) in [5, 5.41) is 6.18. The molecule has 0 saturated heterocycles. The van der Waals surface area contributed by atoms with E-state index >= 15 is 0 Å². The first-order valence-electron chi connectivity index (χ1n) is 7.86. The maximum atomic E-state index is 12.3. The Morgan fingerprint density at radius 1 is 1.28 bits per heavy atom. The Morgan fingerprint density at radius 3 is 2.68 bits per heavy atom. The van der Waals surface area contributed by atoms with E-state index in [1.807, 2.05) is 26.1 Å². The minimum atomic E-state index is -2.88. The summed E-state index contributed by atoms with van der Waals surface area (Å²) >= 11 is 0. The first-order chi connectivity index (χ1) is 12.0. The maximum absolute atomic E-state index is 12.3. The number of hydrogen-bond donors (Lipinski definition) is 2. The van der Waals surface area contributed by atoms with Crippen LogP contribution in [-0.4, -0.2) is 26.2 Å². The van der Waals surface area contributed by atoms with E-state index in [1.165, 1.54) is 24.3 Å². The van der Waals surface area contributed by atoms with Crippen LogP contribution in [0.15, 0.2) is 36.4 Å². The van der Waals surface area contributed by atoms with Gasteiger partial charge in [-0.25, -0.2) is 0 Å². The van der Waals surface area contributed by atoms with Gasteiger partial charge in [0.15, 0.2) is 0 Å². The Labute approximate surface area is 144 Å². The normalized spacial score (nSPS) is 12.8. The first kappa shape index (κ1) is 17.0. The fourth-order valence-electron chi connectivity index (χ4n) is 2.88. The Morgan fingerprint density at radius 2 is 2.00 bits per heavy atom. The quantitative estimate of drug-likeness (QED) is 0.871. The zero-order chi connectivity index (χ0) is 18.0. The smallest absolute Gasteiger partial charge is 0.387 e. The number of hydrogen-bond acceptors (Lipinski definition) is 4. The van der Waals surface area contributed by atoms with Crippen molar-refractivity contribution >= 4 is 17.3 Å². The van der Waals surface area contributed by atoms with Gasteiger partial charge in [0.25, 0.3) is 5.91 Å². The highest BCUT2D eigenvalue weighted by molar-refractivity contribution is 5.94. The van der Waals surface area contributed by atoms with Crippen molar-refractivity contribution in [1.29, 1.82) is 0 Å². The third kappa shape index (κ3) is 3.65. The number of aryl methyl sites for hydroxylation is 1. The maximum Gasteiger partial charge on any atom is 0.387 e. The zero-order valence-electron chi connectivity index (χ0n) is 14.0. The van der Waals surface area contributed by atoms with Gasteiger partial charge in [-0.3, -0.25) is 4.79 Å². The first-order valence-corrected chi connectivity index (χ1v) is 7.86. The highest BCUT2D eigenvalue weighted by atomic mass is 19.3. The fraction of sp³-hybridized carbons (Fsp3) is 0.278. The van der Waals surface area contributed by atoms with Gasteiger partial charge in [-0.2, -0.15) is 8.78 Å². The molecule has 3 rings (SSSR count). The summed E-state index contributed by atoms with van der Waals surface area (Å²) in [7, 11) is 1.99. The number of alkyl halides is 2. The molecule has 2 N–H and O–H groups in total. The van der Waals surface area contributed by atoms with Gasteiger partial charge in [0.05, 0.1) is 18.0 Å². The molecule has 0 unspecified atom stereocenters. The van der Waals surface area contributed by atoms with E-state index in [4.69, 9.17) is 0 Å². The summed E-state index contributed by atoms with van der Waals surface area (Å²) in [5.41, 5.74) is 4.66. The SMILES string of the molecule is Cc1ccc2c(c1CNC(=O)c1ccc(OC(F)F)cc1)N(C)CN2. The molecule has 1 aliphatic heterocycles. The molecule has 0 bridgehead atoms. The Bertz CT molecular complexity index is 779. The van der Waals surface area contributed by atoms with Crippen molar-refractivity contribution in [1.82, 2.24) is 5.32 Å². The molecular weight excluding hydrogens is 328 g/mol. The number of rotatable bonds is 5. The fourth-order valence-corrected chi connectivity index (χ4v) is 2.88. The van der Waals surface area contributed by atoms with Gasteiger partial charge in [-0.1, -0.05) is 6.07 Å². The lowest BCUT2D eigenvalue weighted by atomic mass is 10.0. The molecule has 2 aromatic rings. The van der Waals surface area contributed by atoms with E-state index in [1.54, 1.807) is 0 Å². The van der Waals surface area contributed by atoms with Crippen LogP contribution in [0.5, 0.6) is 5.75 Å². The molecule has 132 valence electrons. The molecular formula is C18H19F2N3O2. The number of carbonyl (C=O) groups excluding carboxylic acids is 1. The van der Waals surface area contributed by atoms with E-state index in [-0.39, 0.29) is 11.7 Å². The number of carbonyl (C=O) groups is 1. The van der Waals surface area contributed by atoms with E-state index in [2.05, 4.69) is 20.3 Å². The number of amides is 1. The van der Waals surface area contributed by atoms with Crippen molar-refractivity contribution < 1.29 is 18.3 Å². The predicted molar refractivity (Wildman–Crippen MR) is 92.3 cm³/mol. The molecule has 1 aliphatic rings. The van der Waals surface area contributed by atoms with Gasteiger partial charge in [-0.15, -0.1) is 0 Å².